The van der Waals surface area contributed by atoms with Crippen LogP contribution in [-0.2, 0) is 16.1 Å². The monoisotopic (exact) mass is 406 g/mol. The van der Waals surface area contributed by atoms with Crippen molar-refractivity contribution in [1.82, 2.24) is 15.1 Å². The van der Waals surface area contributed by atoms with E-state index >= 15 is 0 Å². The zero-order valence-corrected chi connectivity index (χ0v) is 18.0. The lowest BCUT2D eigenvalue weighted by atomic mass is 9.97. The first-order valence-corrected chi connectivity index (χ1v) is 11.4. The summed E-state index contributed by atoms with van der Waals surface area (Å²) in [6.07, 6.45) is 4.43. The number of likely N-dealkylation sites (tertiary alicyclic amines) is 2. The van der Waals surface area contributed by atoms with Crippen LogP contribution in [0.3, 0.4) is 0 Å². The van der Waals surface area contributed by atoms with Crippen molar-refractivity contribution in [2.24, 2.45) is 16.8 Å². The van der Waals surface area contributed by atoms with E-state index in [2.05, 4.69) is 37.6 Å². The maximum absolute atomic E-state index is 12.1. The Kier molecular flexibility index (Phi) is 8.15. The van der Waals surface area contributed by atoms with Crippen LogP contribution in [0.1, 0.15) is 37.5 Å². The molecule has 0 bridgehead atoms. The summed E-state index contributed by atoms with van der Waals surface area (Å²) < 4.78 is 5.22. The number of nitrogens with one attached hydrogen (secondary N) is 1. The molecule has 7 heteroatoms. The molecule has 1 aromatic heterocycles. The Morgan fingerprint density at radius 1 is 1.32 bits per heavy atom. The van der Waals surface area contributed by atoms with Crippen molar-refractivity contribution in [2.75, 3.05) is 46.4 Å². The molecule has 3 rings (SSSR count). The second-order valence-corrected chi connectivity index (χ2v) is 8.82. The molecule has 28 heavy (non-hydrogen) atoms. The number of esters is 1. The third kappa shape index (κ3) is 5.95. The Morgan fingerprint density at radius 3 is 2.93 bits per heavy atom. The number of nitrogens with zero attached hydrogens (tertiary/aromatic N) is 3. The third-order valence-corrected chi connectivity index (χ3v) is 6.53. The summed E-state index contributed by atoms with van der Waals surface area (Å²) in [5.41, 5.74) is 0. The molecule has 6 nitrogen and oxygen atoms in total. The standard InChI is InChI=1S/C21H34N4O2S/c1-3-27-20(26)18-8-5-11-25(15-18)21(22-2)23-13-17-7-4-10-24(14-17)16-19-9-6-12-28-19/h6,9,12,17-18H,3-5,7-8,10-11,13-16H2,1-2H3,(H,22,23). The second kappa shape index (κ2) is 10.8. The number of guanidine groups is 1. The minimum absolute atomic E-state index is 0.0387. The predicted octanol–water partition coefficient (Wildman–Crippen LogP) is 2.81. The molecule has 0 aliphatic carbocycles. The SMILES string of the molecule is CCOC(=O)C1CCCN(C(=NC)NCC2CCCN(Cc3cccs3)C2)C1. The molecular weight excluding hydrogens is 372 g/mol. The molecule has 2 unspecified atom stereocenters. The molecule has 1 N–H and O–H groups in total. The average molecular weight is 407 g/mol. The number of carbonyl (C=O) groups excluding carboxylic acids is 1. The van der Waals surface area contributed by atoms with Crippen LogP contribution < -0.4 is 5.32 Å². The molecule has 0 saturated carbocycles. The Labute approximate surface area is 173 Å². The van der Waals surface area contributed by atoms with Gasteiger partial charge >= 0.3 is 5.97 Å². The van der Waals surface area contributed by atoms with E-state index in [9.17, 15) is 4.79 Å². The Bertz CT molecular complexity index is 634. The molecular formula is C21H34N4O2S. The first kappa shape index (κ1) is 21.1. The second-order valence-electron chi connectivity index (χ2n) is 7.79. The average Bonchev–Trinajstić information content (AvgIpc) is 3.22. The molecule has 2 saturated heterocycles. The first-order chi connectivity index (χ1) is 13.7. The number of carbonyl (C=O) groups is 1. The maximum atomic E-state index is 12.1. The number of piperidine rings is 2. The van der Waals surface area contributed by atoms with E-state index < -0.39 is 0 Å². The smallest absolute Gasteiger partial charge is 0.310 e. The molecule has 0 spiro atoms. The summed E-state index contributed by atoms with van der Waals surface area (Å²) in [5.74, 6) is 1.45. The topological polar surface area (TPSA) is 57.2 Å². The number of hydrogen-bond acceptors (Lipinski definition) is 5. The van der Waals surface area contributed by atoms with Gasteiger partial charge in [0, 0.05) is 44.6 Å². The van der Waals surface area contributed by atoms with Crippen LogP contribution in [0.15, 0.2) is 22.5 Å². The van der Waals surface area contributed by atoms with Crippen molar-refractivity contribution in [2.45, 2.75) is 39.2 Å². The number of aliphatic imine (C=N–C) groups is 1. The van der Waals surface area contributed by atoms with Crippen LogP contribution in [0.4, 0.5) is 0 Å². The summed E-state index contributed by atoms with van der Waals surface area (Å²) in [5, 5.41) is 5.74. The summed E-state index contributed by atoms with van der Waals surface area (Å²) in [6, 6.07) is 4.36. The minimum Gasteiger partial charge on any atom is -0.466 e. The van der Waals surface area contributed by atoms with Gasteiger partial charge in [0.25, 0.3) is 0 Å². The fourth-order valence-corrected chi connectivity index (χ4v) is 5.02. The molecule has 2 fully saturated rings. The van der Waals surface area contributed by atoms with Crippen LogP contribution >= 0.6 is 11.3 Å². The van der Waals surface area contributed by atoms with Gasteiger partial charge in [0.2, 0.25) is 0 Å². The molecule has 3 heterocycles. The first-order valence-electron chi connectivity index (χ1n) is 10.6. The minimum atomic E-state index is -0.0702. The number of hydrogen-bond donors (Lipinski definition) is 1. The van der Waals surface area contributed by atoms with E-state index in [0.717, 1.165) is 45.0 Å². The van der Waals surface area contributed by atoms with Crippen LogP contribution in [0.25, 0.3) is 0 Å². The van der Waals surface area contributed by atoms with Gasteiger partial charge in [-0.3, -0.25) is 14.7 Å². The molecule has 1 aromatic rings. The lowest BCUT2D eigenvalue weighted by molar-refractivity contribution is -0.149. The Morgan fingerprint density at radius 2 is 2.18 bits per heavy atom. The molecule has 2 aliphatic heterocycles. The maximum Gasteiger partial charge on any atom is 0.310 e. The summed E-state index contributed by atoms with van der Waals surface area (Å²) >= 11 is 1.84. The van der Waals surface area contributed by atoms with Crippen LogP contribution in [-0.4, -0.2) is 68.1 Å². The van der Waals surface area contributed by atoms with Crippen molar-refractivity contribution in [1.29, 1.82) is 0 Å². The Balaban J connectivity index is 1.47. The van der Waals surface area contributed by atoms with Gasteiger partial charge in [0.15, 0.2) is 5.96 Å². The van der Waals surface area contributed by atoms with Crippen molar-refractivity contribution in [3.63, 3.8) is 0 Å². The zero-order valence-electron chi connectivity index (χ0n) is 17.2. The largest absolute Gasteiger partial charge is 0.466 e. The van der Waals surface area contributed by atoms with E-state index in [-0.39, 0.29) is 11.9 Å². The van der Waals surface area contributed by atoms with Crippen molar-refractivity contribution in [3.8, 4) is 0 Å². The van der Waals surface area contributed by atoms with E-state index in [4.69, 9.17) is 4.74 Å². The lowest BCUT2D eigenvalue weighted by Crippen LogP contribution is -2.50. The van der Waals surface area contributed by atoms with E-state index in [0.29, 0.717) is 19.1 Å². The zero-order chi connectivity index (χ0) is 19.8. The third-order valence-electron chi connectivity index (χ3n) is 5.66. The van der Waals surface area contributed by atoms with E-state index in [1.807, 2.05) is 25.3 Å². The molecule has 156 valence electrons. The number of thiophene rings is 1. The van der Waals surface area contributed by atoms with Crippen molar-refractivity contribution >= 4 is 23.3 Å². The summed E-state index contributed by atoms with van der Waals surface area (Å²) in [4.78, 5) is 22.8. The van der Waals surface area contributed by atoms with Crippen molar-refractivity contribution in [3.05, 3.63) is 22.4 Å². The summed E-state index contributed by atoms with van der Waals surface area (Å²) in [7, 11) is 1.83. The predicted molar refractivity (Wildman–Crippen MR) is 115 cm³/mol. The van der Waals surface area contributed by atoms with E-state index in [1.165, 1.54) is 24.3 Å². The van der Waals surface area contributed by atoms with Gasteiger partial charge in [-0.1, -0.05) is 6.07 Å². The van der Waals surface area contributed by atoms with Gasteiger partial charge in [-0.15, -0.1) is 11.3 Å². The highest BCUT2D eigenvalue weighted by molar-refractivity contribution is 7.09. The molecule has 0 amide bonds. The van der Waals surface area contributed by atoms with Gasteiger partial charge in [0.1, 0.15) is 0 Å². The normalized spacial score (nSPS) is 24.2. The highest BCUT2D eigenvalue weighted by Gasteiger charge is 2.29. The van der Waals surface area contributed by atoms with Crippen LogP contribution in [0.5, 0.6) is 0 Å². The molecule has 0 aromatic carbocycles. The quantitative estimate of drug-likeness (QED) is 0.447. The van der Waals surface area contributed by atoms with Gasteiger partial charge < -0.3 is 15.0 Å². The lowest BCUT2D eigenvalue weighted by Gasteiger charge is -2.36. The Hall–Kier alpha value is -1.60. The van der Waals surface area contributed by atoms with E-state index in [1.54, 1.807) is 0 Å². The number of ether oxygens (including phenoxy) is 1. The van der Waals surface area contributed by atoms with Crippen LogP contribution in [0.2, 0.25) is 0 Å². The van der Waals surface area contributed by atoms with Crippen molar-refractivity contribution < 1.29 is 9.53 Å². The molecule has 0 radical (unpaired) electrons. The fraction of sp³-hybridized carbons (Fsp3) is 0.714. The van der Waals surface area contributed by atoms with Crippen LogP contribution in [0, 0.1) is 11.8 Å². The highest BCUT2D eigenvalue weighted by Crippen LogP contribution is 2.21. The molecule has 2 aliphatic rings. The van der Waals surface area contributed by atoms with Gasteiger partial charge in [-0.2, -0.15) is 0 Å². The van der Waals surface area contributed by atoms with Gasteiger partial charge in [-0.05, 0) is 56.5 Å². The molecule has 2 atom stereocenters. The summed E-state index contributed by atoms with van der Waals surface area (Å²) in [6.45, 7) is 8.30. The fourth-order valence-electron chi connectivity index (χ4n) is 4.27. The van der Waals surface area contributed by atoms with Gasteiger partial charge in [-0.25, -0.2) is 0 Å². The van der Waals surface area contributed by atoms with Gasteiger partial charge in [0.05, 0.1) is 12.5 Å². The number of rotatable bonds is 6. The highest BCUT2D eigenvalue weighted by atomic mass is 32.1.